The number of nitrogens with zero attached hydrogens (tertiary/aromatic N) is 1. The number of rotatable bonds is 3. The zero-order valence-electron chi connectivity index (χ0n) is 5.61. The highest BCUT2D eigenvalue weighted by Gasteiger charge is 2.05. The van der Waals surface area contributed by atoms with Gasteiger partial charge in [0.25, 0.3) is 0 Å². The van der Waals surface area contributed by atoms with Gasteiger partial charge in [0, 0.05) is 6.42 Å². The summed E-state index contributed by atoms with van der Waals surface area (Å²) >= 11 is 0. The Bertz CT molecular complexity index is 172. The van der Waals surface area contributed by atoms with Gasteiger partial charge in [-0.1, -0.05) is 17.3 Å². The summed E-state index contributed by atoms with van der Waals surface area (Å²) in [7, 11) is 0. The summed E-state index contributed by atoms with van der Waals surface area (Å²) in [6.07, 6.45) is 3.44. The third kappa shape index (κ3) is 2.86. The van der Waals surface area contributed by atoms with Gasteiger partial charge in [0.2, 0.25) is 0 Å². The minimum absolute atomic E-state index is 0.155. The molecule has 0 aliphatic carbocycles. The number of hydrogen-bond donors (Lipinski definition) is 2. The van der Waals surface area contributed by atoms with Crippen molar-refractivity contribution >= 4 is 11.7 Å². The van der Waals surface area contributed by atoms with E-state index in [0.717, 1.165) is 0 Å². The Morgan fingerprint density at radius 2 is 2.30 bits per heavy atom. The van der Waals surface area contributed by atoms with Crippen LogP contribution in [0.25, 0.3) is 0 Å². The van der Waals surface area contributed by atoms with E-state index in [1.54, 1.807) is 19.1 Å². The summed E-state index contributed by atoms with van der Waals surface area (Å²) < 4.78 is 0. The molecule has 0 rings (SSSR count). The molecule has 0 aliphatic heterocycles. The Labute approximate surface area is 58.5 Å². The zero-order valence-corrected chi connectivity index (χ0v) is 5.61. The first kappa shape index (κ1) is 8.68. The van der Waals surface area contributed by atoms with Gasteiger partial charge in [-0.05, 0) is 6.92 Å². The van der Waals surface area contributed by atoms with E-state index in [0.29, 0.717) is 0 Å². The van der Waals surface area contributed by atoms with E-state index in [4.69, 9.17) is 10.3 Å². The number of carbonyl (C=O) groups is 1. The van der Waals surface area contributed by atoms with Crippen molar-refractivity contribution in [2.45, 2.75) is 13.3 Å². The van der Waals surface area contributed by atoms with E-state index in [1.807, 2.05) is 0 Å². The fourth-order valence-corrected chi connectivity index (χ4v) is 0.400. The molecule has 0 heterocycles. The maximum absolute atomic E-state index is 10.1. The molecule has 0 aromatic carbocycles. The van der Waals surface area contributed by atoms with E-state index in [9.17, 15) is 4.79 Å². The fraction of sp³-hybridized carbons (Fsp3) is 0.333. The van der Waals surface area contributed by atoms with Crippen molar-refractivity contribution in [3.63, 3.8) is 0 Å². The molecule has 0 spiro atoms. The molecular weight excluding hydrogens is 134 g/mol. The van der Waals surface area contributed by atoms with Crippen molar-refractivity contribution in [3.05, 3.63) is 12.2 Å². The van der Waals surface area contributed by atoms with Gasteiger partial charge in [0.15, 0.2) is 5.71 Å². The second-order valence-corrected chi connectivity index (χ2v) is 1.63. The van der Waals surface area contributed by atoms with Crippen molar-refractivity contribution in [1.29, 1.82) is 0 Å². The number of hydrogen-bond acceptors (Lipinski definition) is 3. The summed E-state index contributed by atoms with van der Waals surface area (Å²) in [5.41, 5.74) is -0.252. The molecule has 2 N–H and O–H groups in total. The first-order valence-electron chi connectivity index (χ1n) is 2.77. The minimum atomic E-state index is -1.19. The van der Waals surface area contributed by atoms with Gasteiger partial charge < -0.3 is 10.3 Å². The van der Waals surface area contributed by atoms with Crippen molar-refractivity contribution < 1.29 is 15.1 Å². The molecular formula is C6H9NO3. The second-order valence-electron chi connectivity index (χ2n) is 1.63. The molecule has 0 fully saturated rings. The second kappa shape index (κ2) is 4.55. The van der Waals surface area contributed by atoms with E-state index >= 15 is 0 Å². The average molecular weight is 143 g/mol. The van der Waals surface area contributed by atoms with Crippen LogP contribution in [0.4, 0.5) is 0 Å². The number of oxime groups is 1. The Morgan fingerprint density at radius 3 is 2.60 bits per heavy atom. The van der Waals surface area contributed by atoms with Crippen LogP contribution in [0.5, 0.6) is 0 Å². The Kier molecular flexibility index (Phi) is 3.95. The largest absolute Gasteiger partial charge is 0.477 e. The lowest BCUT2D eigenvalue weighted by Crippen LogP contribution is -2.11. The van der Waals surface area contributed by atoms with E-state index < -0.39 is 5.97 Å². The van der Waals surface area contributed by atoms with E-state index in [2.05, 4.69) is 5.16 Å². The van der Waals surface area contributed by atoms with Crippen LogP contribution in [-0.4, -0.2) is 22.0 Å². The molecule has 0 radical (unpaired) electrons. The molecule has 0 unspecified atom stereocenters. The molecule has 0 aromatic rings. The standard InChI is InChI=1S/C6H9NO3/c1-2-3-4-5(7-10)6(8)9/h2-3,10H,4H2,1H3,(H,8,9)/b3-2+,7-5+. The van der Waals surface area contributed by atoms with Gasteiger partial charge in [-0.3, -0.25) is 0 Å². The van der Waals surface area contributed by atoms with Crippen LogP contribution in [0, 0.1) is 0 Å². The maximum atomic E-state index is 10.1. The van der Waals surface area contributed by atoms with Gasteiger partial charge >= 0.3 is 5.97 Å². The van der Waals surface area contributed by atoms with Crippen molar-refractivity contribution in [3.8, 4) is 0 Å². The van der Waals surface area contributed by atoms with Crippen LogP contribution in [-0.2, 0) is 4.79 Å². The average Bonchev–Trinajstić information content (AvgIpc) is 1.89. The van der Waals surface area contributed by atoms with Crippen molar-refractivity contribution in [1.82, 2.24) is 0 Å². The molecule has 0 aliphatic rings. The summed E-state index contributed by atoms with van der Waals surface area (Å²) in [6.45, 7) is 1.76. The molecule has 0 saturated heterocycles. The lowest BCUT2D eigenvalue weighted by atomic mass is 10.2. The Hall–Kier alpha value is -1.32. The SMILES string of the molecule is C/C=C/C/C(=N\O)C(=O)O. The molecule has 0 amide bonds. The number of allylic oxidation sites excluding steroid dienone is 2. The number of carboxylic acid groups (broad SMARTS) is 1. The zero-order chi connectivity index (χ0) is 7.98. The highest BCUT2D eigenvalue weighted by atomic mass is 16.4. The molecule has 0 saturated carbocycles. The van der Waals surface area contributed by atoms with Crippen LogP contribution in [0.1, 0.15) is 13.3 Å². The van der Waals surface area contributed by atoms with Crippen LogP contribution in [0.2, 0.25) is 0 Å². The van der Waals surface area contributed by atoms with Gasteiger partial charge in [0.05, 0.1) is 0 Å². The third-order valence-electron chi connectivity index (χ3n) is 0.914. The normalized spacial score (nSPS) is 12.3. The summed E-state index contributed by atoms with van der Waals surface area (Å²) in [4.78, 5) is 10.1. The van der Waals surface area contributed by atoms with Crippen LogP contribution in [0.3, 0.4) is 0 Å². The van der Waals surface area contributed by atoms with Gasteiger partial charge in [-0.15, -0.1) is 0 Å². The monoisotopic (exact) mass is 143 g/mol. The molecule has 0 bridgehead atoms. The quantitative estimate of drug-likeness (QED) is 0.266. The summed E-state index contributed by atoms with van der Waals surface area (Å²) in [5.74, 6) is -1.19. The topological polar surface area (TPSA) is 69.9 Å². The first-order valence-corrected chi connectivity index (χ1v) is 2.77. The predicted octanol–water partition coefficient (Wildman–Crippen LogP) is 0.867. The molecule has 0 aromatic heterocycles. The fourth-order valence-electron chi connectivity index (χ4n) is 0.400. The highest BCUT2D eigenvalue weighted by Crippen LogP contribution is 1.88. The summed E-state index contributed by atoms with van der Waals surface area (Å²) in [6, 6.07) is 0. The van der Waals surface area contributed by atoms with Crippen LogP contribution >= 0.6 is 0 Å². The number of carboxylic acids is 1. The molecule has 10 heavy (non-hydrogen) atoms. The first-order chi connectivity index (χ1) is 4.72. The predicted molar refractivity (Wildman–Crippen MR) is 36.3 cm³/mol. The molecule has 4 heteroatoms. The van der Waals surface area contributed by atoms with E-state index in [1.165, 1.54) is 0 Å². The smallest absolute Gasteiger partial charge is 0.353 e. The van der Waals surface area contributed by atoms with Crippen molar-refractivity contribution in [2.75, 3.05) is 0 Å². The van der Waals surface area contributed by atoms with E-state index in [-0.39, 0.29) is 12.1 Å². The molecule has 56 valence electrons. The highest BCUT2D eigenvalue weighted by molar-refractivity contribution is 6.35. The molecule has 0 atom stereocenters. The van der Waals surface area contributed by atoms with Crippen LogP contribution in [0.15, 0.2) is 17.3 Å². The van der Waals surface area contributed by atoms with Crippen LogP contribution < -0.4 is 0 Å². The Balaban J connectivity index is 3.99. The Morgan fingerprint density at radius 1 is 1.70 bits per heavy atom. The van der Waals surface area contributed by atoms with Crippen molar-refractivity contribution in [2.24, 2.45) is 5.16 Å². The summed E-state index contributed by atoms with van der Waals surface area (Å²) in [5, 5.41) is 19.0. The van der Waals surface area contributed by atoms with Gasteiger partial charge in [-0.2, -0.15) is 0 Å². The third-order valence-corrected chi connectivity index (χ3v) is 0.914. The van der Waals surface area contributed by atoms with Gasteiger partial charge in [-0.25, -0.2) is 4.79 Å². The minimum Gasteiger partial charge on any atom is -0.477 e. The lowest BCUT2D eigenvalue weighted by molar-refractivity contribution is -0.129. The van der Waals surface area contributed by atoms with Gasteiger partial charge in [0.1, 0.15) is 0 Å². The lowest BCUT2D eigenvalue weighted by Gasteiger charge is -1.90. The maximum Gasteiger partial charge on any atom is 0.353 e. The molecule has 4 nitrogen and oxygen atoms in total. The number of aliphatic carboxylic acids is 1.